The number of nitrogens with zero attached hydrogens (tertiary/aromatic N) is 4. The summed E-state index contributed by atoms with van der Waals surface area (Å²) >= 11 is 7.36. The first kappa shape index (κ1) is 38.8. The van der Waals surface area contributed by atoms with Gasteiger partial charge in [0.25, 0.3) is 0 Å². The fourth-order valence-electron chi connectivity index (χ4n) is 6.54. The third kappa shape index (κ3) is 7.81. The molecule has 0 bridgehead atoms. The average molecular weight is 796 g/mol. The van der Waals surface area contributed by atoms with Crippen LogP contribution in [0.5, 0.6) is 5.75 Å². The molecule has 4 heterocycles. The number of nitrogens with one attached hydrogen (secondary N) is 1. The molecule has 0 saturated carbocycles. The number of ether oxygens (including phenoxy) is 2. The standard InChI is InChI=1S/C37H38ClN5O9S2/c1-20-5-6-24(13-21(20)2)16-41-11-12-42(34(47)33(41)46)37(49)40-30(28-18-53-22(3)39-28)29(44)14-27-32(45)43-31(25(15-38)19-54(50)35(27)43)36(48)52-17-23-7-9-26(51-4)10-8-23/h5-10,13,18,27,30,35H,11-12,14-17,19H2,1-4H3,(H,40,49)/t27-,30-,35-,54?/m1/s1. The highest BCUT2D eigenvalue weighted by molar-refractivity contribution is 7.86. The Morgan fingerprint density at radius 1 is 1.02 bits per heavy atom. The third-order valence-corrected chi connectivity index (χ3v) is 12.5. The zero-order valence-electron chi connectivity index (χ0n) is 30.0. The summed E-state index contributed by atoms with van der Waals surface area (Å²) < 4.78 is 24.1. The van der Waals surface area contributed by atoms with Crippen LogP contribution in [-0.2, 0) is 52.7 Å². The van der Waals surface area contributed by atoms with Crippen molar-refractivity contribution in [2.24, 2.45) is 5.92 Å². The smallest absolute Gasteiger partial charge is 0.355 e. The Labute approximate surface area is 322 Å². The van der Waals surface area contributed by atoms with E-state index in [9.17, 15) is 33.0 Å². The maximum atomic E-state index is 14.0. The summed E-state index contributed by atoms with van der Waals surface area (Å²) in [5.74, 6) is -4.71. The minimum Gasteiger partial charge on any atom is -0.497 e. The molecule has 0 aliphatic carbocycles. The molecule has 1 N–H and O–H groups in total. The Bertz CT molecular complexity index is 2080. The van der Waals surface area contributed by atoms with Crippen LogP contribution in [0.4, 0.5) is 4.79 Å². The monoisotopic (exact) mass is 795 g/mol. The highest BCUT2D eigenvalue weighted by Crippen LogP contribution is 2.42. The summed E-state index contributed by atoms with van der Waals surface area (Å²) in [5.41, 5.74) is 4.01. The molecule has 17 heteroatoms. The van der Waals surface area contributed by atoms with E-state index in [4.69, 9.17) is 21.1 Å². The summed E-state index contributed by atoms with van der Waals surface area (Å²) in [7, 11) is -0.181. The average Bonchev–Trinajstić information content (AvgIpc) is 3.60. The van der Waals surface area contributed by atoms with Gasteiger partial charge < -0.3 is 19.7 Å². The first-order valence-electron chi connectivity index (χ1n) is 17.0. The third-order valence-electron chi connectivity index (χ3n) is 9.64. The van der Waals surface area contributed by atoms with Gasteiger partial charge in [0.2, 0.25) is 5.91 Å². The number of benzene rings is 2. The van der Waals surface area contributed by atoms with Crippen LogP contribution >= 0.6 is 22.9 Å². The van der Waals surface area contributed by atoms with Gasteiger partial charge in [-0.05, 0) is 60.7 Å². The van der Waals surface area contributed by atoms with E-state index in [-0.39, 0.29) is 54.8 Å². The molecule has 1 aromatic heterocycles. The molecule has 54 heavy (non-hydrogen) atoms. The van der Waals surface area contributed by atoms with E-state index in [0.29, 0.717) is 16.3 Å². The SMILES string of the molecule is COc1ccc(COC(=O)C2=C(CCl)CS(=O)[C@@H]3[C@H](CC(=O)[C@H](NC(=O)N4CCN(Cc5ccc(C)c(C)c5)C(=O)C4=O)c4csc(C)n4)C(=O)N23)cc1. The number of aryl methyl sites for hydroxylation is 3. The molecule has 3 aliphatic heterocycles. The minimum atomic E-state index is -1.71. The van der Waals surface area contributed by atoms with Crippen molar-refractivity contribution in [1.29, 1.82) is 0 Å². The van der Waals surface area contributed by atoms with Crippen molar-refractivity contribution in [3.05, 3.63) is 92.1 Å². The first-order valence-corrected chi connectivity index (χ1v) is 19.8. The zero-order chi connectivity index (χ0) is 38.8. The molecular weight excluding hydrogens is 758 g/mol. The number of thiazole rings is 1. The Kier molecular flexibility index (Phi) is 11.6. The van der Waals surface area contributed by atoms with Gasteiger partial charge in [-0.25, -0.2) is 14.6 Å². The summed E-state index contributed by atoms with van der Waals surface area (Å²) in [6, 6.07) is 10.3. The number of hydrogen-bond acceptors (Lipinski definition) is 11. The van der Waals surface area contributed by atoms with Crippen LogP contribution in [0.1, 0.15) is 45.4 Å². The topological polar surface area (TPSA) is 173 Å². The predicted octanol–water partition coefficient (Wildman–Crippen LogP) is 3.44. The van der Waals surface area contributed by atoms with Gasteiger partial charge in [-0.2, -0.15) is 0 Å². The fourth-order valence-corrected chi connectivity index (χ4v) is 9.29. The summed E-state index contributed by atoms with van der Waals surface area (Å²) in [6.07, 6.45) is -0.450. The van der Waals surface area contributed by atoms with Crippen molar-refractivity contribution in [2.75, 3.05) is 31.8 Å². The van der Waals surface area contributed by atoms with Gasteiger partial charge in [-0.3, -0.25) is 33.2 Å². The Balaban J connectivity index is 1.14. The zero-order valence-corrected chi connectivity index (χ0v) is 32.3. The van der Waals surface area contributed by atoms with Gasteiger partial charge in [0, 0.05) is 48.1 Å². The molecule has 0 radical (unpaired) electrons. The molecule has 3 aromatic rings. The van der Waals surface area contributed by atoms with Crippen molar-refractivity contribution in [3.63, 3.8) is 0 Å². The molecule has 2 saturated heterocycles. The molecule has 3 aliphatic rings. The van der Waals surface area contributed by atoms with Crippen LogP contribution in [-0.4, -0.2) is 96.6 Å². The lowest BCUT2D eigenvalue weighted by atomic mass is 9.88. The van der Waals surface area contributed by atoms with Gasteiger partial charge in [0.1, 0.15) is 29.5 Å². The molecule has 6 rings (SSSR count). The summed E-state index contributed by atoms with van der Waals surface area (Å²) in [6.45, 7) is 5.70. The van der Waals surface area contributed by atoms with E-state index >= 15 is 0 Å². The lowest BCUT2D eigenvalue weighted by Gasteiger charge is -2.49. The van der Waals surface area contributed by atoms with Gasteiger partial charge in [0.15, 0.2) is 5.78 Å². The Hall–Kier alpha value is -4.93. The number of β-lactam (4-membered cyclic amide) rings is 1. The van der Waals surface area contributed by atoms with E-state index in [0.717, 1.165) is 26.5 Å². The number of carbonyl (C=O) groups is 6. The number of Topliss-reactive ketones (excluding diaryl/α,β-unsaturated/α-hetero) is 1. The number of hydrogen-bond donors (Lipinski definition) is 1. The minimum absolute atomic E-state index is 0.0852. The van der Waals surface area contributed by atoms with Crippen LogP contribution in [0.2, 0.25) is 0 Å². The van der Waals surface area contributed by atoms with E-state index in [1.165, 1.54) is 23.3 Å². The van der Waals surface area contributed by atoms with Gasteiger partial charge in [-0.15, -0.1) is 22.9 Å². The number of aromatic nitrogens is 1. The summed E-state index contributed by atoms with van der Waals surface area (Å²) in [5, 5.41) is 3.71. The molecule has 4 atom stereocenters. The number of imide groups is 1. The van der Waals surface area contributed by atoms with Gasteiger partial charge in [-0.1, -0.05) is 30.3 Å². The largest absolute Gasteiger partial charge is 0.497 e. The maximum absolute atomic E-state index is 14.0. The lowest BCUT2D eigenvalue weighted by molar-refractivity contribution is -0.156. The van der Waals surface area contributed by atoms with Crippen LogP contribution in [0.15, 0.2) is 59.1 Å². The second kappa shape index (κ2) is 16.2. The molecule has 14 nitrogen and oxygen atoms in total. The molecule has 1 unspecified atom stereocenters. The number of fused-ring (bicyclic) bond motifs is 1. The lowest BCUT2D eigenvalue weighted by Crippen LogP contribution is -2.66. The van der Waals surface area contributed by atoms with Crippen LogP contribution < -0.4 is 10.1 Å². The fraction of sp³-hybridized carbons (Fsp3) is 0.378. The van der Waals surface area contributed by atoms with Gasteiger partial charge in [0.05, 0.1) is 29.5 Å². The second-order valence-electron chi connectivity index (χ2n) is 13.2. The van der Waals surface area contributed by atoms with E-state index in [1.54, 1.807) is 36.6 Å². The molecule has 0 spiro atoms. The Morgan fingerprint density at radius 3 is 2.39 bits per heavy atom. The van der Waals surface area contributed by atoms with Crippen molar-refractivity contribution < 1.29 is 42.4 Å². The van der Waals surface area contributed by atoms with E-state index in [1.807, 2.05) is 32.0 Å². The normalized spacial score (nSPS) is 20.4. The quantitative estimate of drug-likeness (QED) is 0.124. The number of ketones is 1. The van der Waals surface area contributed by atoms with Gasteiger partial charge >= 0.3 is 23.8 Å². The number of urea groups is 1. The maximum Gasteiger partial charge on any atom is 0.355 e. The van der Waals surface area contributed by atoms with E-state index < -0.39 is 70.1 Å². The number of halogens is 1. The summed E-state index contributed by atoms with van der Waals surface area (Å²) in [4.78, 5) is 88.4. The Morgan fingerprint density at radius 2 is 1.74 bits per heavy atom. The van der Waals surface area contributed by atoms with Crippen LogP contribution in [0.25, 0.3) is 0 Å². The second-order valence-corrected chi connectivity index (χ2v) is 16.0. The number of rotatable bonds is 12. The number of piperazine rings is 1. The highest BCUT2D eigenvalue weighted by Gasteiger charge is 2.57. The first-order chi connectivity index (χ1) is 25.8. The van der Waals surface area contributed by atoms with Crippen LogP contribution in [0, 0.1) is 26.7 Å². The van der Waals surface area contributed by atoms with E-state index in [2.05, 4.69) is 10.3 Å². The van der Waals surface area contributed by atoms with Crippen LogP contribution in [0.3, 0.4) is 0 Å². The van der Waals surface area contributed by atoms with Crippen molar-refractivity contribution in [1.82, 2.24) is 25.0 Å². The predicted molar refractivity (Wildman–Crippen MR) is 198 cm³/mol. The molecule has 284 valence electrons. The number of methoxy groups -OCH3 is 1. The number of alkyl halides is 1. The number of carbonyl (C=O) groups excluding carboxylic acids is 6. The number of amides is 5. The highest BCUT2D eigenvalue weighted by atomic mass is 35.5. The molecule has 2 fully saturated rings. The van der Waals surface area contributed by atoms with Crippen molar-refractivity contribution >= 4 is 69.2 Å². The molecular formula is C37H38ClN5O9S2. The van der Waals surface area contributed by atoms with Crippen molar-refractivity contribution in [3.8, 4) is 5.75 Å². The molecule has 5 amide bonds. The molecule has 2 aromatic carbocycles. The number of esters is 1. The van der Waals surface area contributed by atoms with Crippen molar-refractivity contribution in [2.45, 2.75) is 51.8 Å².